The van der Waals surface area contributed by atoms with Gasteiger partial charge in [-0.1, -0.05) is 0 Å². The largest absolute Gasteiger partial charge is 0.396 e. The number of anilines is 1. The Hall–Kier alpha value is -1.95. The lowest BCUT2D eigenvalue weighted by atomic mass is 10.2. The van der Waals surface area contributed by atoms with Gasteiger partial charge in [-0.3, -0.25) is 9.48 Å². The predicted molar refractivity (Wildman–Crippen MR) is 77.2 cm³/mol. The molecule has 1 heterocycles. The fourth-order valence-electron chi connectivity index (χ4n) is 1.63. The van der Waals surface area contributed by atoms with E-state index in [9.17, 15) is 4.79 Å². The molecule has 0 bridgehead atoms. The molecule has 2 aromatic rings. The molecule has 19 heavy (non-hydrogen) atoms. The number of nitrogen functional groups attached to an aromatic ring is 1. The Morgan fingerprint density at radius 1 is 1.42 bits per heavy atom. The smallest absolute Gasteiger partial charge is 0.251 e. The van der Waals surface area contributed by atoms with Crippen molar-refractivity contribution in [2.75, 3.05) is 18.5 Å². The third-order valence-corrected chi connectivity index (χ3v) is 3.38. The molecule has 100 valence electrons. The number of carbonyl (C=O) groups excluding carboxylic acids is 1. The molecule has 1 aromatic heterocycles. The van der Waals surface area contributed by atoms with Gasteiger partial charge in [0.1, 0.15) is 0 Å². The van der Waals surface area contributed by atoms with Gasteiger partial charge in [0.15, 0.2) is 0 Å². The van der Waals surface area contributed by atoms with E-state index in [0.29, 0.717) is 24.3 Å². The van der Waals surface area contributed by atoms with E-state index in [-0.39, 0.29) is 5.91 Å². The van der Waals surface area contributed by atoms with E-state index >= 15 is 0 Å². The van der Waals surface area contributed by atoms with Gasteiger partial charge in [0.05, 0.1) is 18.4 Å². The quantitative estimate of drug-likeness (QED) is 0.814. The number of nitrogens with one attached hydrogen (secondary N) is 1. The molecule has 3 N–H and O–H groups in total. The monoisotopic (exact) mass is 276 g/mol. The van der Waals surface area contributed by atoms with E-state index < -0.39 is 0 Å². The summed E-state index contributed by atoms with van der Waals surface area (Å²) in [5, 5.41) is 6.89. The first-order valence-corrected chi connectivity index (χ1v) is 7.11. The second-order valence-corrected chi connectivity index (χ2v) is 4.90. The molecule has 0 aliphatic heterocycles. The Balaban J connectivity index is 1.83. The first-order valence-electron chi connectivity index (χ1n) is 5.89. The van der Waals surface area contributed by atoms with Gasteiger partial charge < -0.3 is 11.1 Å². The van der Waals surface area contributed by atoms with Crippen LogP contribution in [0.15, 0.2) is 41.6 Å². The van der Waals surface area contributed by atoms with E-state index in [1.165, 1.54) is 0 Å². The summed E-state index contributed by atoms with van der Waals surface area (Å²) >= 11 is 1.65. The lowest BCUT2D eigenvalue weighted by Crippen LogP contribution is -2.27. The first-order chi connectivity index (χ1) is 9.19. The van der Waals surface area contributed by atoms with E-state index in [4.69, 9.17) is 5.73 Å². The third-order valence-electron chi connectivity index (χ3n) is 2.63. The molecule has 0 fully saturated rings. The van der Waals surface area contributed by atoms with E-state index in [2.05, 4.69) is 10.4 Å². The number of carbonyl (C=O) groups is 1. The minimum atomic E-state index is -0.0761. The fraction of sp³-hybridized carbons (Fsp3) is 0.231. The van der Waals surface area contributed by atoms with E-state index in [1.54, 1.807) is 28.8 Å². The van der Waals surface area contributed by atoms with Gasteiger partial charge >= 0.3 is 0 Å². The molecule has 1 amide bonds. The lowest BCUT2D eigenvalue weighted by Gasteiger charge is -2.06. The van der Waals surface area contributed by atoms with Gasteiger partial charge in [-0.05, 0) is 30.5 Å². The van der Waals surface area contributed by atoms with Crippen LogP contribution in [0.25, 0.3) is 0 Å². The average molecular weight is 276 g/mol. The van der Waals surface area contributed by atoms with Crippen molar-refractivity contribution in [3.05, 3.63) is 42.2 Å². The van der Waals surface area contributed by atoms with Crippen LogP contribution >= 0.6 is 11.8 Å². The summed E-state index contributed by atoms with van der Waals surface area (Å²) in [6, 6.07) is 7.53. The molecule has 0 atom stereocenters. The molecule has 0 saturated carbocycles. The molecule has 0 aliphatic rings. The molecule has 6 heteroatoms. The first kappa shape index (κ1) is 13.5. The van der Waals surface area contributed by atoms with Crippen LogP contribution in [0.1, 0.15) is 10.4 Å². The van der Waals surface area contributed by atoms with E-state index in [0.717, 1.165) is 4.90 Å². The van der Waals surface area contributed by atoms with Crippen LogP contribution in [-0.4, -0.2) is 28.5 Å². The molecular formula is C13H16N4OS. The van der Waals surface area contributed by atoms with Crippen molar-refractivity contribution in [1.82, 2.24) is 15.1 Å². The van der Waals surface area contributed by atoms with Crippen LogP contribution < -0.4 is 11.1 Å². The third kappa shape index (κ3) is 3.75. The van der Waals surface area contributed by atoms with Gasteiger partial charge in [-0.25, -0.2) is 0 Å². The van der Waals surface area contributed by atoms with E-state index in [1.807, 2.05) is 30.5 Å². The van der Waals surface area contributed by atoms with Crippen molar-refractivity contribution in [3.8, 4) is 0 Å². The fourth-order valence-corrected chi connectivity index (χ4v) is 2.04. The second kappa shape index (κ2) is 6.29. The van der Waals surface area contributed by atoms with Crippen LogP contribution in [0.5, 0.6) is 0 Å². The highest BCUT2D eigenvalue weighted by Gasteiger charge is 2.04. The Morgan fingerprint density at radius 2 is 2.16 bits per heavy atom. The maximum atomic E-state index is 11.9. The van der Waals surface area contributed by atoms with Crippen molar-refractivity contribution >= 4 is 23.4 Å². The summed E-state index contributed by atoms with van der Waals surface area (Å²) in [5.41, 5.74) is 6.84. The van der Waals surface area contributed by atoms with Crippen LogP contribution in [-0.2, 0) is 6.54 Å². The summed E-state index contributed by atoms with van der Waals surface area (Å²) < 4.78 is 1.70. The Kier molecular flexibility index (Phi) is 4.46. The zero-order chi connectivity index (χ0) is 13.7. The van der Waals surface area contributed by atoms with Crippen LogP contribution in [0.2, 0.25) is 0 Å². The van der Waals surface area contributed by atoms with Crippen LogP contribution in [0.3, 0.4) is 0 Å². The zero-order valence-corrected chi connectivity index (χ0v) is 11.5. The highest BCUT2D eigenvalue weighted by Crippen LogP contribution is 2.14. The Bertz CT molecular complexity index is 550. The van der Waals surface area contributed by atoms with Gasteiger partial charge in [0.2, 0.25) is 0 Å². The second-order valence-electron chi connectivity index (χ2n) is 4.02. The zero-order valence-electron chi connectivity index (χ0n) is 10.7. The molecule has 5 nitrogen and oxygen atoms in total. The topological polar surface area (TPSA) is 72.9 Å². The molecule has 2 rings (SSSR count). The predicted octanol–water partition coefficient (Wildman–Crippen LogP) is 1.62. The molecule has 1 aromatic carbocycles. The van der Waals surface area contributed by atoms with Crippen LogP contribution in [0.4, 0.5) is 5.69 Å². The van der Waals surface area contributed by atoms with Crippen molar-refractivity contribution in [2.45, 2.75) is 11.4 Å². The van der Waals surface area contributed by atoms with Crippen molar-refractivity contribution in [3.63, 3.8) is 0 Å². The number of nitrogens with zero attached hydrogens (tertiary/aromatic N) is 2. The van der Waals surface area contributed by atoms with Crippen molar-refractivity contribution in [2.24, 2.45) is 0 Å². The summed E-state index contributed by atoms with van der Waals surface area (Å²) in [5.74, 6) is -0.0761. The SMILES string of the molecule is CSc1ccc(C(=O)NCCn2cc(N)cn2)cc1. The van der Waals surface area contributed by atoms with Crippen LogP contribution in [0, 0.1) is 0 Å². The molecule has 0 aliphatic carbocycles. The van der Waals surface area contributed by atoms with Crippen molar-refractivity contribution in [1.29, 1.82) is 0 Å². The maximum absolute atomic E-state index is 11.9. The maximum Gasteiger partial charge on any atom is 0.251 e. The van der Waals surface area contributed by atoms with Gasteiger partial charge in [0.25, 0.3) is 5.91 Å². The minimum Gasteiger partial charge on any atom is -0.396 e. The number of hydrogen-bond acceptors (Lipinski definition) is 4. The molecule has 0 radical (unpaired) electrons. The number of benzene rings is 1. The summed E-state index contributed by atoms with van der Waals surface area (Å²) in [6.45, 7) is 1.12. The summed E-state index contributed by atoms with van der Waals surface area (Å²) in [4.78, 5) is 13.0. The van der Waals surface area contributed by atoms with Gasteiger partial charge in [-0.2, -0.15) is 5.10 Å². The minimum absolute atomic E-state index is 0.0761. The number of rotatable bonds is 5. The Morgan fingerprint density at radius 3 is 2.74 bits per heavy atom. The Labute approximate surface area is 116 Å². The van der Waals surface area contributed by atoms with Gasteiger partial charge in [-0.15, -0.1) is 11.8 Å². The summed E-state index contributed by atoms with van der Waals surface area (Å²) in [7, 11) is 0. The van der Waals surface area contributed by atoms with Crippen molar-refractivity contribution < 1.29 is 4.79 Å². The molecule has 0 saturated heterocycles. The number of aromatic nitrogens is 2. The van der Waals surface area contributed by atoms with Gasteiger partial charge in [0, 0.05) is 23.2 Å². The molecule has 0 spiro atoms. The number of hydrogen-bond donors (Lipinski definition) is 2. The summed E-state index contributed by atoms with van der Waals surface area (Å²) in [6.07, 6.45) is 5.33. The molecular weight excluding hydrogens is 260 g/mol. The molecule has 0 unspecified atom stereocenters. The number of amides is 1. The lowest BCUT2D eigenvalue weighted by molar-refractivity contribution is 0.0952. The number of thioether (sulfide) groups is 1. The number of nitrogens with two attached hydrogens (primary N) is 1. The highest BCUT2D eigenvalue weighted by atomic mass is 32.2. The highest BCUT2D eigenvalue weighted by molar-refractivity contribution is 7.98. The normalized spacial score (nSPS) is 10.4. The standard InChI is InChI=1S/C13H16N4OS/c1-19-12-4-2-10(3-5-12)13(18)15-6-7-17-9-11(14)8-16-17/h2-5,8-9H,6-7,14H2,1H3,(H,15,18). The average Bonchev–Trinajstić information content (AvgIpc) is 2.84.